The summed E-state index contributed by atoms with van der Waals surface area (Å²) in [7, 11) is 0. The molecular formula is C19H21ClN2O4. The molecule has 2 aromatic rings. The number of carbonyl (C=O) groups is 2. The third-order valence-electron chi connectivity index (χ3n) is 3.36. The van der Waals surface area contributed by atoms with Crippen LogP contribution in [0.3, 0.4) is 0 Å². The maximum Gasteiger partial charge on any atom is 0.258 e. The fourth-order valence-electron chi connectivity index (χ4n) is 2.12. The van der Waals surface area contributed by atoms with Gasteiger partial charge in [0.05, 0.1) is 17.2 Å². The van der Waals surface area contributed by atoms with Crippen LogP contribution in [-0.4, -0.2) is 38.1 Å². The lowest BCUT2D eigenvalue weighted by Crippen LogP contribution is -2.36. The molecule has 2 rings (SSSR count). The van der Waals surface area contributed by atoms with E-state index in [1.54, 1.807) is 48.5 Å². The molecule has 0 radical (unpaired) electrons. The molecule has 0 atom stereocenters. The number of ether oxygens (including phenoxy) is 2. The van der Waals surface area contributed by atoms with E-state index >= 15 is 0 Å². The molecule has 26 heavy (non-hydrogen) atoms. The quantitative estimate of drug-likeness (QED) is 0.660. The van der Waals surface area contributed by atoms with E-state index in [2.05, 4.69) is 10.6 Å². The molecule has 0 aliphatic heterocycles. The Morgan fingerprint density at radius 1 is 0.923 bits per heavy atom. The highest BCUT2D eigenvalue weighted by atomic mass is 35.5. The van der Waals surface area contributed by atoms with E-state index in [9.17, 15) is 9.59 Å². The van der Waals surface area contributed by atoms with Crippen molar-refractivity contribution in [1.82, 2.24) is 10.6 Å². The Kier molecular flexibility index (Phi) is 7.76. The van der Waals surface area contributed by atoms with Crippen molar-refractivity contribution in [3.05, 3.63) is 59.1 Å². The van der Waals surface area contributed by atoms with Gasteiger partial charge in [0.1, 0.15) is 11.5 Å². The van der Waals surface area contributed by atoms with E-state index < -0.39 is 0 Å². The number of halogens is 1. The van der Waals surface area contributed by atoms with Crippen molar-refractivity contribution in [3.8, 4) is 11.5 Å². The first-order chi connectivity index (χ1) is 12.6. The Balaban J connectivity index is 1.64. The average molecular weight is 377 g/mol. The molecule has 7 heteroatoms. The molecule has 2 N–H and O–H groups in total. The van der Waals surface area contributed by atoms with E-state index in [-0.39, 0.29) is 18.4 Å². The molecule has 138 valence electrons. The van der Waals surface area contributed by atoms with Crippen molar-refractivity contribution < 1.29 is 19.1 Å². The van der Waals surface area contributed by atoms with Crippen LogP contribution >= 0.6 is 11.6 Å². The summed E-state index contributed by atoms with van der Waals surface area (Å²) in [5, 5.41) is 5.75. The van der Waals surface area contributed by atoms with Crippen molar-refractivity contribution in [3.63, 3.8) is 0 Å². The number of hydrogen-bond acceptors (Lipinski definition) is 4. The molecule has 0 saturated heterocycles. The van der Waals surface area contributed by atoms with E-state index in [1.807, 2.05) is 6.92 Å². The number of amides is 2. The van der Waals surface area contributed by atoms with E-state index in [4.69, 9.17) is 21.1 Å². The first-order valence-electron chi connectivity index (χ1n) is 8.25. The SMILES string of the molecule is CCOc1ccc(OCC(=O)NCCNC(=O)c2ccccc2Cl)cc1. The Morgan fingerprint density at radius 3 is 2.19 bits per heavy atom. The average Bonchev–Trinajstić information content (AvgIpc) is 2.65. The number of nitrogens with one attached hydrogen (secondary N) is 2. The minimum atomic E-state index is -0.282. The van der Waals surface area contributed by atoms with Gasteiger partial charge in [-0.2, -0.15) is 0 Å². The van der Waals surface area contributed by atoms with Crippen molar-refractivity contribution >= 4 is 23.4 Å². The van der Waals surface area contributed by atoms with Gasteiger partial charge in [-0.25, -0.2) is 0 Å². The zero-order chi connectivity index (χ0) is 18.8. The van der Waals surface area contributed by atoms with Crippen LogP contribution in [0.15, 0.2) is 48.5 Å². The smallest absolute Gasteiger partial charge is 0.258 e. The second-order valence-electron chi connectivity index (χ2n) is 5.28. The minimum Gasteiger partial charge on any atom is -0.494 e. The van der Waals surface area contributed by atoms with Crippen LogP contribution in [0.25, 0.3) is 0 Å². The Bertz CT molecular complexity index is 735. The van der Waals surface area contributed by atoms with Gasteiger partial charge in [-0.05, 0) is 43.3 Å². The molecule has 0 aromatic heterocycles. The van der Waals surface area contributed by atoms with E-state index in [0.717, 1.165) is 5.75 Å². The van der Waals surface area contributed by atoms with Gasteiger partial charge in [-0.1, -0.05) is 23.7 Å². The van der Waals surface area contributed by atoms with Gasteiger partial charge in [0.25, 0.3) is 11.8 Å². The third kappa shape index (κ3) is 6.29. The first-order valence-corrected chi connectivity index (χ1v) is 8.63. The Morgan fingerprint density at radius 2 is 1.54 bits per heavy atom. The van der Waals surface area contributed by atoms with Gasteiger partial charge in [0.15, 0.2) is 6.61 Å². The van der Waals surface area contributed by atoms with Crippen LogP contribution in [-0.2, 0) is 4.79 Å². The molecule has 0 unspecified atom stereocenters. The number of rotatable bonds is 9. The second kappa shape index (κ2) is 10.3. The van der Waals surface area contributed by atoms with Gasteiger partial charge in [-0.15, -0.1) is 0 Å². The highest BCUT2D eigenvalue weighted by molar-refractivity contribution is 6.33. The van der Waals surface area contributed by atoms with Crippen LogP contribution in [0, 0.1) is 0 Å². The zero-order valence-electron chi connectivity index (χ0n) is 14.5. The summed E-state index contributed by atoms with van der Waals surface area (Å²) in [6.45, 7) is 2.98. The number of benzene rings is 2. The van der Waals surface area contributed by atoms with Crippen molar-refractivity contribution in [2.45, 2.75) is 6.92 Å². The van der Waals surface area contributed by atoms with Crippen LogP contribution in [0.4, 0.5) is 0 Å². The van der Waals surface area contributed by atoms with Gasteiger partial charge in [0, 0.05) is 13.1 Å². The third-order valence-corrected chi connectivity index (χ3v) is 3.69. The molecule has 0 heterocycles. The van der Waals surface area contributed by atoms with Crippen molar-refractivity contribution in [1.29, 1.82) is 0 Å². The molecule has 2 aromatic carbocycles. The lowest BCUT2D eigenvalue weighted by atomic mass is 10.2. The lowest BCUT2D eigenvalue weighted by Gasteiger charge is -2.09. The van der Waals surface area contributed by atoms with Crippen molar-refractivity contribution in [2.24, 2.45) is 0 Å². The van der Waals surface area contributed by atoms with Gasteiger partial charge in [0.2, 0.25) is 0 Å². The Hall–Kier alpha value is -2.73. The fraction of sp³-hybridized carbons (Fsp3) is 0.263. The topological polar surface area (TPSA) is 76.7 Å². The molecule has 6 nitrogen and oxygen atoms in total. The molecule has 0 saturated carbocycles. The molecule has 0 aliphatic carbocycles. The fourth-order valence-corrected chi connectivity index (χ4v) is 2.34. The summed E-state index contributed by atoms with van der Waals surface area (Å²) < 4.78 is 10.7. The summed E-state index contributed by atoms with van der Waals surface area (Å²) in [5.41, 5.74) is 0.402. The number of carbonyl (C=O) groups excluding carboxylic acids is 2. The van der Waals surface area contributed by atoms with Gasteiger partial charge >= 0.3 is 0 Å². The maximum absolute atomic E-state index is 12.0. The highest BCUT2D eigenvalue weighted by Crippen LogP contribution is 2.17. The minimum absolute atomic E-state index is 0.105. The van der Waals surface area contributed by atoms with E-state index in [0.29, 0.717) is 36.0 Å². The predicted octanol–water partition coefficient (Wildman–Crippen LogP) is 2.66. The standard InChI is InChI=1S/C19H21ClN2O4/c1-2-25-14-7-9-15(10-8-14)26-13-18(23)21-11-12-22-19(24)16-5-3-4-6-17(16)20/h3-10H,2,11-13H2,1H3,(H,21,23)(H,22,24). The van der Waals surface area contributed by atoms with E-state index in [1.165, 1.54) is 0 Å². The van der Waals surface area contributed by atoms with Gasteiger partial charge < -0.3 is 20.1 Å². The highest BCUT2D eigenvalue weighted by Gasteiger charge is 2.09. The summed E-state index contributed by atoms with van der Waals surface area (Å²) >= 11 is 5.95. The van der Waals surface area contributed by atoms with Crippen LogP contribution in [0.5, 0.6) is 11.5 Å². The van der Waals surface area contributed by atoms with Crippen LogP contribution in [0.2, 0.25) is 5.02 Å². The normalized spacial score (nSPS) is 10.1. The van der Waals surface area contributed by atoms with Crippen LogP contribution < -0.4 is 20.1 Å². The zero-order valence-corrected chi connectivity index (χ0v) is 15.2. The number of hydrogen-bond donors (Lipinski definition) is 2. The summed E-state index contributed by atoms with van der Waals surface area (Å²) in [6.07, 6.45) is 0. The molecule has 0 fully saturated rings. The molecule has 2 amide bonds. The second-order valence-corrected chi connectivity index (χ2v) is 5.69. The predicted molar refractivity (Wildman–Crippen MR) is 99.9 cm³/mol. The lowest BCUT2D eigenvalue weighted by molar-refractivity contribution is -0.123. The Labute approximate surface area is 157 Å². The molecule has 0 aliphatic rings. The van der Waals surface area contributed by atoms with Crippen LogP contribution in [0.1, 0.15) is 17.3 Å². The first kappa shape index (κ1) is 19.6. The largest absolute Gasteiger partial charge is 0.494 e. The molecule has 0 spiro atoms. The van der Waals surface area contributed by atoms with Gasteiger partial charge in [-0.3, -0.25) is 9.59 Å². The summed E-state index contributed by atoms with van der Waals surface area (Å²) in [5.74, 6) is 0.774. The summed E-state index contributed by atoms with van der Waals surface area (Å²) in [6, 6.07) is 13.8. The molecule has 0 bridgehead atoms. The monoisotopic (exact) mass is 376 g/mol. The van der Waals surface area contributed by atoms with Crippen molar-refractivity contribution in [2.75, 3.05) is 26.3 Å². The maximum atomic E-state index is 12.0. The molecular weight excluding hydrogens is 356 g/mol. The summed E-state index contributed by atoms with van der Waals surface area (Å²) in [4.78, 5) is 23.7.